The number of carbonyl (C=O) groups is 1. The van der Waals surface area contributed by atoms with Crippen molar-refractivity contribution < 1.29 is 64.6 Å². The highest BCUT2D eigenvalue weighted by molar-refractivity contribution is 5.76. The highest BCUT2D eigenvalue weighted by Crippen LogP contribution is 2.30. The van der Waals surface area contributed by atoms with Gasteiger partial charge in [0.05, 0.1) is 32.0 Å². The van der Waals surface area contributed by atoms with Crippen molar-refractivity contribution in [2.75, 3.05) is 19.8 Å². The normalized spacial score (nSPS) is 23.3. The summed E-state index contributed by atoms with van der Waals surface area (Å²) in [6, 6.07) is -0.936. The summed E-state index contributed by atoms with van der Waals surface area (Å²) in [6.45, 7) is 2.81. The van der Waals surface area contributed by atoms with Crippen LogP contribution in [0.15, 0.2) is 36.5 Å². The van der Waals surface area contributed by atoms with E-state index in [-0.39, 0.29) is 18.9 Å². The molecule has 0 saturated carbocycles. The molecule has 1 amide bonds. The van der Waals surface area contributed by atoms with Crippen LogP contribution in [0.2, 0.25) is 0 Å². The Morgan fingerprint density at radius 2 is 0.727 bits per heavy atom. The van der Waals surface area contributed by atoms with E-state index in [0.29, 0.717) is 12.8 Å². The van der Waals surface area contributed by atoms with Gasteiger partial charge in [-0.25, -0.2) is 0 Å². The molecule has 0 aromatic carbocycles. The van der Waals surface area contributed by atoms with Gasteiger partial charge in [-0.1, -0.05) is 320 Å². The lowest BCUT2D eigenvalue weighted by atomic mass is 9.97. The first kappa shape index (κ1) is 82.3. The molecule has 88 heavy (non-hydrogen) atoms. The number of carbonyl (C=O) groups excluding carboxylic acids is 1. The van der Waals surface area contributed by atoms with Crippen molar-refractivity contribution >= 4 is 5.91 Å². The van der Waals surface area contributed by atoms with Crippen LogP contribution >= 0.6 is 0 Å². The number of unbranched alkanes of at least 4 members (excludes halogenated alkanes) is 45. The van der Waals surface area contributed by atoms with Gasteiger partial charge in [-0.2, -0.15) is 0 Å². The number of ether oxygens (including phenoxy) is 4. The van der Waals surface area contributed by atoms with E-state index >= 15 is 0 Å². The Morgan fingerprint density at radius 1 is 0.398 bits per heavy atom. The number of hydrogen-bond donors (Lipinski definition) is 9. The molecule has 518 valence electrons. The van der Waals surface area contributed by atoms with E-state index in [1.165, 1.54) is 257 Å². The molecular weight excluding hydrogens is 1110 g/mol. The lowest BCUT2D eigenvalue weighted by Crippen LogP contribution is -2.65. The van der Waals surface area contributed by atoms with Gasteiger partial charge >= 0.3 is 0 Å². The molecule has 2 fully saturated rings. The monoisotopic (exact) mass is 1250 g/mol. The van der Waals surface area contributed by atoms with E-state index in [0.717, 1.165) is 44.9 Å². The van der Waals surface area contributed by atoms with Crippen molar-refractivity contribution in [3.63, 3.8) is 0 Å². The molecule has 2 heterocycles. The second kappa shape index (κ2) is 59.0. The van der Waals surface area contributed by atoms with Crippen molar-refractivity contribution in [3.05, 3.63) is 36.5 Å². The summed E-state index contributed by atoms with van der Waals surface area (Å²) in [5, 5.41) is 87.3. The van der Waals surface area contributed by atoms with Gasteiger partial charge in [0.25, 0.3) is 0 Å². The third-order valence-corrected chi connectivity index (χ3v) is 18.3. The summed E-state index contributed by atoms with van der Waals surface area (Å²) < 4.78 is 22.8. The summed E-state index contributed by atoms with van der Waals surface area (Å²) in [7, 11) is 0. The van der Waals surface area contributed by atoms with Gasteiger partial charge in [0.1, 0.15) is 48.8 Å². The summed E-state index contributed by atoms with van der Waals surface area (Å²) in [5.74, 6) is -0.247. The summed E-state index contributed by atoms with van der Waals surface area (Å²) >= 11 is 0. The highest BCUT2D eigenvalue weighted by Gasteiger charge is 2.51. The quantitative estimate of drug-likeness (QED) is 0.0204. The standard InChI is InChI=1S/C74H139NO13/c1-3-5-7-9-11-13-15-17-19-21-22-23-24-25-26-27-28-29-30-31-32-33-34-35-36-37-38-39-40-42-44-46-48-50-52-54-56-58-66(79)75-62(63(78)57-55-53-51-49-47-45-43-41-20-18-16-14-12-10-8-6-4-2)61-85-73-71(84)69(82)72(65(60-77)87-73)88-74-70(83)68(81)67(80)64(59-76)86-74/h20,41,47,49,55,57,62-65,67-74,76-78,80-84H,3-19,21-40,42-46,48,50-54,56,58-61H2,1-2H3,(H,75,79)/b41-20+,49-47+,57-55+. The van der Waals surface area contributed by atoms with Crippen molar-refractivity contribution in [1.29, 1.82) is 0 Å². The number of amides is 1. The van der Waals surface area contributed by atoms with Gasteiger partial charge < -0.3 is 65.1 Å². The van der Waals surface area contributed by atoms with Crippen LogP contribution in [0.4, 0.5) is 0 Å². The molecule has 12 atom stereocenters. The first-order valence-corrected chi connectivity index (χ1v) is 37.2. The fourth-order valence-electron chi connectivity index (χ4n) is 12.4. The molecule has 2 saturated heterocycles. The largest absolute Gasteiger partial charge is 0.394 e. The fraction of sp³-hybridized carbons (Fsp3) is 0.905. The first-order chi connectivity index (χ1) is 43.1. The van der Waals surface area contributed by atoms with Crippen LogP contribution in [-0.4, -0.2) is 140 Å². The number of aliphatic hydroxyl groups is 8. The first-order valence-electron chi connectivity index (χ1n) is 37.2. The van der Waals surface area contributed by atoms with Gasteiger partial charge in [0, 0.05) is 6.42 Å². The lowest BCUT2D eigenvalue weighted by Gasteiger charge is -2.46. The van der Waals surface area contributed by atoms with E-state index in [1.54, 1.807) is 6.08 Å². The lowest BCUT2D eigenvalue weighted by molar-refractivity contribution is -0.359. The van der Waals surface area contributed by atoms with Crippen LogP contribution < -0.4 is 5.32 Å². The minimum absolute atomic E-state index is 0.247. The Labute approximate surface area is 538 Å². The average molecular weight is 1250 g/mol. The Balaban J connectivity index is 1.59. The topological polar surface area (TPSA) is 228 Å². The summed E-state index contributed by atoms with van der Waals surface area (Å²) in [5.41, 5.74) is 0. The predicted octanol–water partition coefficient (Wildman–Crippen LogP) is 15.7. The molecule has 12 unspecified atom stereocenters. The molecule has 9 N–H and O–H groups in total. The molecule has 2 aliphatic heterocycles. The maximum Gasteiger partial charge on any atom is 0.220 e. The number of hydrogen-bond acceptors (Lipinski definition) is 13. The van der Waals surface area contributed by atoms with E-state index < -0.39 is 86.8 Å². The maximum absolute atomic E-state index is 13.3. The molecule has 2 rings (SSSR count). The van der Waals surface area contributed by atoms with Gasteiger partial charge in [0.2, 0.25) is 5.91 Å². The van der Waals surface area contributed by atoms with Crippen LogP contribution in [0, 0.1) is 0 Å². The third kappa shape index (κ3) is 42.4. The van der Waals surface area contributed by atoms with E-state index in [2.05, 4.69) is 43.5 Å². The zero-order valence-corrected chi connectivity index (χ0v) is 56.5. The van der Waals surface area contributed by atoms with Crippen molar-refractivity contribution in [1.82, 2.24) is 5.32 Å². The number of aliphatic hydroxyl groups excluding tert-OH is 8. The van der Waals surface area contributed by atoms with Crippen LogP contribution in [0.25, 0.3) is 0 Å². The Bertz CT molecular complexity index is 1620. The van der Waals surface area contributed by atoms with Gasteiger partial charge in [-0.05, 0) is 44.9 Å². The SMILES string of the molecule is CCCCCCCCC/C=C/CC/C=C/CC/C=C/C(O)C(COC1OC(CO)C(OC2OC(CO)C(O)C(O)C2O)C(O)C1O)NC(=O)CCCCCCCCCCCCCCCCCCCCCCCCCCCCCCCCCCCCCCC. The van der Waals surface area contributed by atoms with E-state index in [4.69, 9.17) is 18.9 Å². The Morgan fingerprint density at radius 3 is 1.11 bits per heavy atom. The van der Waals surface area contributed by atoms with Crippen molar-refractivity contribution in [2.45, 2.75) is 408 Å². The fourth-order valence-corrected chi connectivity index (χ4v) is 12.4. The second-order valence-corrected chi connectivity index (χ2v) is 26.4. The second-order valence-electron chi connectivity index (χ2n) is 26.4. The van der Waals surface area contributed by atoms with Crippen molar-refractivity contribution in [3.8, 4) is 0 Å². The van der Waals surface area contributed by atoms with E-state index in [1.807, 2.05) is 6.08 Å². The highest BCUT2D eigenvalue weighted by atomic mass is 16.7. The molecule has 0 radical (unpaired) electrons. The average Bonchev–Trinajstić information content (AvgIpc) is 1.73. The molecule has 0 bridgehead atoms. The van der Waals surface area contributed by atoms with Crippen molar-refractivity contribution in [2.24, 2.45) is 0 Å². The summed E-state index contributed by atoms with van der Waals surface area (Å²) in [4.78, 5) is 13.3. The Hall–Kier alpha value is -1.79. The molecule has 0 aromatic rings. The molecule has 0 aliphatic carbocycles. The number of nitrogens with one attached hydrogen (secondary N) is 1. The van der Waals surface area contributed by atoms with Gasteiger partial charge in [-0.3, -0.25) is 4.79 Å². The third-order valence-electron chi connectivity index (χ3n) is 18.3. The summed E-state index contributed by atoms with van der Waals surface area (Å²) in [6.07, 6.45) is 59.6. The smallest absolute Gasteiger partial charge is 0.220 e. The molecule has 0 aromatic heterocycles. The van der Waals surface area contributed by atoms with Gasteiger partial charge in [0.15, 0.2) is 12.6 Å². The van der Waals surface area contributed by atoms with Gasteiger partial charge in [-0.15, -0.1) is 0 Å². The van der Waals surface area contributed by atoms with Crippen LogP contribution in [0.3, 0.4) is 0 Å². The molecule has 14 heteroatoms. The van der Waals surface area contributed by atoms with E-state index in [9.17, 15) is 45.6 Å². The Kier molecular flexibility index (Phi) is 55.2. The maximum atomic E-state index is 13.3. The zero-order chi connectivity index (χ0) is 63.8. The predicted molar refractivity (Wildman–Crippen MR) is 360 cm³/mol. The number of rotatable bonds is 62. The molecule has 14 nitrogen and oxygen atoms in total. The van der Waals surface area contributed by atoms with Crippen LogP contribution in [0.1, 0.15) is 335 Å². The minimum atomic E-state index is -1.79. The zero-order valence-electron chi connectivity index (χ0n) is 56.5. The van der Waals surface area contributed by atoms with Crippen LogP contribution in [-0.2, 0) is 23.7 Å². The van der Waals surface area contributed by atoms with Crippen LogP contribution in [0.5, 0.6) is 0 Å². The minimum Gasteiger partial charge on any atom is -0.394 e. The molecular formula is C74H139NO13. The molecule has 0 spiro atoms. The molecule has 2 aliphatic rings. The number of allylic oxidation sites excluding steroid dienone is 5.